The zero-order chi connectivity index (χ0) is 40.8. The van der Waals surface area contributed by atoms with Crippen LogP contribution in [0.1, 0.15) is 112 Å². The fraction of sp³-hybridized carbons (Fsp3) is 0.810. The number of hydrogen-bond donors (Lipinski definition) is 4. The quantitative estimate of drug-likeness (QED) is 0.180. The van der Waals surface area contributed by atoms with Crippen LogP contribution in [-0.4, -0.2) is 124 Å². The summed E-state index contributed by atoms with van der Waals surface area (Å²) in [6.07, 6.45) is 2.46. The number of ether oxygens (including phenoxy) is 4. The molecule has 4 aliphatic rings. The van der Waals surface area contributed by atoms with Crippen molar-refractivity contribution < 1.29 is 58.6 Å². The molecule has 0 aromatic carbocycles. The highest BCUT2D eigenvalue weighted by Crippen LogP contribution is 2.39. The largest absolute Gasteiger partial charge is 0.456 e. The standard InChI is InChI=1S/C42H67NO12/c1-9-29-17-23(2)16-24(3)18-35(53-8)37(47)36-20-26(5)42(51,55-36)39(48)40(49)43-15-11-10-12-30(43)41(50)54-38(27(6)32(45)22-33(29)46)25(4)19-28-13-14-31(44)34(21-28)52-7/h17,19,24,26-32,34-38,44-45,47,51H,9-16,18,20-22H2,1-8H3/b23-17-,25-19+/t24-,26+,27+,28?,29+,30?,31+,32-,34+,35-,36+,37-,38+,42?/m0/s1. The number of esters is 1. The van der Waals surface area contributed by atoms with Crippen LogP contribution in [0.5, 0.6) is 0 Å². The molecule has 2 bridgehead atoms. The van der Waals surface area contributed by atoms with Gasteiger partial charge in [0.1, 0.15) is 24.0 Å². The first-order valence-corrected chi connectivity index (χ1v) is 20.4. The monoisotopic (exact) mass is 777 g/mol. The Morgan fingerprint density at radius 3 is 2.29 bits per heavy atom. The zero-order valence-corrected chi connectivity index (χ0v) is 34.1. The SMILES string of the molecule is CC[C@@H]1/C=C(/C)C[C@H](C)C[C@H](OC)[C@H](O)[C@H]2C[C@@H](C)C(O)(O2)C(=O)C(=O)N2CCCCC2C(=O)O[C@H](/C(C)=C/C2CC[C@@H](O)[C@H](OC)C2)[C@H](C)[C@@H](O)CC1=O. The number of rotatable bonds is 5. The molecule has 2 saturated heterocycles. The van der Waals surface area contributed by atoms with Gasteiger partial charge in [-0.15, -0.1) is 0 Å². The van der Waals surface area contributed by atoms with E-state index in [0.717, 1.165) is 10.5 Å². The molecule has 0 aromatic rings. The van der Waals surface area contributed by atoms with E-state index in [1.165, 1.54) is 7.11 Å². The van der Waals surface area contributed by atoms with E-state index in [0.29, 0.717) is 56.9 Å². The highest BCUT2D eigenvalue weighted by molar-refractivity contribution is 6.39. The fourth-order valence-electron chi connectivity index (χ4n) is 9.17. The Bertz CT molecular complexity index is 1410. The van der Waals surface area contributed by atoms with Gasteiger partial charge in [-0.1, -0.05) is 45.4 Å². The lowest BCUT2D eigenvalue weighted by atomic mass is 9.81. The van der Waals surface area contributed by atoms with Gasteiger partial charge in [0, 0.05) is 44.9 Å². The van der Waals surface area contributed by atoms with Gasteiger partial charge >= 0.3 is 5.97 Å². The van der Waals surface area contributed by atoms with Crippen molar-refractivity contribution in [2.24, 2.45) is 29.6 Å². The second-order valence-corrected chi connectivity index (χ2v) is 16.9. The molecule has 13 heteroatoms. The lowest BCUT2D eigenvalue weighted by Crippen LogP contribution is -2.57. The topological polar surface area (TPSA) is 189 Å². The molecular weight excluding hydrogens is 710 g/mol. The van der Waals surface area contributed by atoms with E-state index in [1.54, 1.807) is 21.0 Å². The molecule has 1 aliphatic carbocycles. The van der Waals surface area contributed by atoms with Crippen LogP contribution in [0.4, 0.5) is 0 Å². The summed E-state index contributed by atoms with van der Waals surface area (Å²) in [7, 11) is 3.03. The molecule has 312 valence electrons. The summed E-state index contributed by atoms with van der Waals surface area (Å²) in [5, 5.41) is 45.1. The number of cyclic esters (lactones) is 1. The summed E-state index contributed by atoms with van der Waals surface area (Å²) in [5.41, 5.74) is 1.63. The molecule has 3 unspecified atom stereocenters. The number of aliphatic hydroxyl groups excluding tert-OH is 3. The number of Topliss-reactive ketones (excluding diaryl/α,β-unsaturated/α-hetero) is 2. The smallest absolute Gasteiger partial charge is 0.329 e. The lowest BCUT2D eigenvalue weighted by molar-refractivity contribution is -0.225. The molecule has 55 heavy (non-hydrogen) atoms. The van der Waals surface area contributed by atoms with E-state index in [-0.39, 0.29) is 49.5 Å². The summed E-state index contributed by atoms with van der Waals surface area (Å²) < 4.78 is 23.3. The first kappa shape index (κ1) is 45.2. The molecule has 4 rings (SSSR count). The van der Waals surface area contributed by atoms with Crippen LogP contribution >= 0.6 is 0 Å². The first-order chi connectivity index (χ1) is 25.9. The summed E-state index contributed by atoms with van der Waals surface area (Å²) in [4.78, 5) is 56.9. The second-order valence-electron chi connectivity index (χ2n) is 16.9. The average molecular weight is 778 g/mol. The summed E-state index contributed by atoms with van der Waals surface area (Å²) in [5.74, 6) is -7.73. The third-order valence-electron chi connectivity index (χ3n) is 12.6. The van der Waals surface area contributed by atoms with Gasteiger partial charge in [0.05, 0.1) is 30.5 Å². The third kappa shape index (κ3) is 10.7. The molecule has 0 spiro atoms. The van der Waals surface area contributed by atoms with Gasteiger partial charge in [-0.25, -0.2) is 4.79 Å². The van der Waals surface area contributed by atoms with Gasteiger partial charge in [0.2, 0.25) is 5.79 Å². The molecule has 3 heterocycles. The molecule has 1 amide bonds. The zero-order valence-electron chi connectivity index (χ0n) is 34.1. The predicted octanol–water partition coefficient (Wildman–Crippen LogP) is 3.82. The van der Waals surface area contributed by atoms with Gasteiger partial charge in [-0.05, 0) is 95.5 Å². The Morgan fingerprint density at radius 1 is 0.945 bits per heavy atom. The van der Waals surface area contributed by atoms with Gasteiger partial charge in [-0.2, -0.15) is 0 Å². The van der Waals surface area contributed by atoms with Crippen LogP contribution < -0.4 is 0 Å². The number of fused-ring (bicyclic) bond motifs is 3. The maximum atomic E-state index is 14.2. The van der Waals surface area contributed by atoms with E-state index >= 15 is 0 Å². The van der Waals surface area contributed by atoms with Crippen LogP contribution in [0.3, 0.4) is 0 Å². The minimum atomic E-state index is -2.52. The van der Waals surface area contributed by atoms with E-state index in [2.05, 4.69) is 0 Å². The number of ketones is 2. The molecular formula is C42H67NO12. The van der Waals surface area contributed by atoms with Crippen LogP contribution in [0, 0.1) is 29.6 Å². The Kier molecular flexibility index (Phi) is 16.2. The van der Waals surface area contributed by atoms with E-state index in [1.807, 2.05) is 39.8 Å². The summed E-state index contributed by atoms with van der Waals surface area (Å²) >= 11 is 0. The lowest BCUT2D eigenvalue weighted by Gasteiger charge is -2.38. The number of methoxy groups -OCH3 is 2. The highest BCUT2D eigenvalue weighted by atomic mass is 16.7. The number of nitrogens with zero attached hydrogens (tertiary/aromatic N) is 1. The highest BCUT2D eigenvalue weighted by Gasteiger charge is 2.57. The van der Waals surface area contributed by atoms with Crippen LogP contribution in [-0.2, 0) is 38.1 Å². The minimum absolute atomic E-state index is 0.00613. The van der Waals surface area contributed by atoms with Crippen molar-refractivity contribution in [1.29, 1.82) is 0 Å². The maximum Gasteiger partial charge on any atom is 0.329 e. The van der Waals surface area contributed by atoms with E-state index < -0.39 is 83.9 Å². The molecule has 0 radical (unpaired) electrons. The average Bonchev–Trinajstić information content (AvgIpc) is 3.47. The predicted molar refractivity (Wildman–Crippen MR) is 203 cm³/mol. The van der Waals surface area contributed by atoms with Crippen LogP contribution in [0.15, 0.2) is 23.3 Å². The Labute approximate surface area is 326 Å². The molecule has 3 fully saturated rings. The number of hydrogen-bond acceptors (Lipinski definition) is 12. The Balaban J connectivity index is 1.73. The number of amides is 1. The van der Waals surface area contributed by atoms with Crippen molar-refractivity contribution in [2.75, 3.05) is 20.8 Å². The Hall–Kier alpha value is -2.52. The molecule has 0 aromatic heterocycles. The van der Waals surface area contributed by atoms with Gasteiger partial charge in [0.15, 0.2) is 0 Å². The third-order valence-corrected chi connectivity index (χ3v) is 12.6. The van der Waals surface area contributed by atoms with Crippen molar-refractivity contribution in [3.8, 4) is 0 Å². The normalized spacial score (nSPS) is 42.1. The molecule has 3 aliphatic heterocycles. The van der Waals surface area contributed by atoms with Crippen molar-refractivity contribution in [3.63, 3.8) is 0 Å². The van der Waals surface area contributed by atoms with E-state index in [4.69, 9.17) is 18.9 Å². The van der Waals surface area contributed by atoms with Crippen LogP contribution in [0.25, 0.3) is 0 Å². The van der Waals surface area contributed by atoms with Crippen molar-refractivity contribution in [3.05, 3.63) is 23.3 Å². The van der Waals surface area contributed by atoms with Gasteiger partial charge < -0.3 is 44.3 Å². The number of allylic oxidation sites excluding steroid dienone is 3. The van der Waals surface area contributed by atoms with Crippen molar-refractivity contribution >= 4 is 23.4 Å². The van der Waals surface area contributed by atoms with Crippen molar-refractivity contribution in [2.45, 2.75) is 167 Å². The fourth-order valence-corrected chi connectivity index (χ4v) is 9.17. The Morgan fingerprint density at radius 2 is 1.64 bits per heavy atom. The second kappa shape index (κ2) is 19.8. The minimum Gasteiger partial charge on any atom is -0.456 e. The first-order valence-electron chi connectivity index (χ1n) is 20.4. The molecule has 14 atom stereocenters. The number of piperidine rings is 1. The van der Waals surface area contributed by atoms with Gasteiger partial charge in [0.25, 0.3) is 11.7 Å². The number of carbonyl (C=O) groups is 4. The van der Waals surface area contributed by atoms with Gasteiger partial charge in [-0.3, -0.25) is 14.4 Å². The summed E-state index contributed by atoms with van der Waals surface area (Å²) in [6.45, 7) is 11.1. The number of carbonyl (C=O) groups excluding carboxylic acids is 4. The maximum absolute atomic E-state index is 14.2. The molecule has 4 N–H and O–H groups in total. The van der Waals surface area contributed by atoms with Crippen molar-refractivity contribution in [1.82, 2.24) is 4.90 Å². The molecule has 1 saturated carbocycles. The molecule has 13 nitrogen and oxygen atoms in total. The summed E-state index contributed by atoms with van der Waals surface area (Å²) in [6, 6.07) is -1.15. The van der Waals surface area contributed by atoms with E-state index in [9.17, 15) is 39.6 Å². The van der Waals surface area contributed by atoms with Crippen LogP contribution in [0.2, 0.25) is 0 Å². The number of aliphatic hydroxyl groups is 4.